The molecule has 0 bridgehead atoms. The topological polar surface area (TPSA) is 101 Å². The van der Waals surface area contributed by atoms with Gasteiger partial charge in [0.2, 0.25) is 0 Å². The molecule has 0 heterocycles. The summed E-state index contributed by atoms with van der Waals surface area (Å²) in [7, 11) is -3.70. The maximum Gasteiger partial charge on any atom is 0.261 e. The van der Waals surface area contributed by atoms with Crippen molar-refractivity contribution in [2.75, 3.05) is 11.3 Å². The Bertz CT molecular complexity index is 859. The third-order valence-corrected chi connectivity index (χ3v) is 6.18. The quantitative estimate of drug-likeness (QED) is 0.724. The van der Waals surface area contributed by atoms with Crippen molar-refractivity contribution in [3.8, 4) is 0 Å². The molecule has 0 saturated heterocycles. The van der Waals surface area contributed by atoms with Crippen LogP contribution in [0.1, 0.15) is 36.0 Å². The van der Waals surface area contributed by atoms with Gasteiger partial charge in [0, 0.05) is 17.8 Å². The van der Waals surface area contributed by atoms with Crippen molar-refractivity contribution in [3.05, 3.63) is 60.2 Å². The second-order valence-electron chi connectivity index (χ2n) is 6.64. The van der Waals surface area contributed by atoms with E-state index in [-0.39, 0.29) is 16.3 Å². The molecule has 7 heteroatoms. The molecule has 0 spiro atoms. The number of benzene rings is 2. The fraction of sp³-hybridized carbons (Fsp3) is 0.316. The summed E-state index contributed by atoms with van der Waals surface area (Å²) in [6.45, 7) is 0.409. The summed E-state index contributed by atoms with van der Waals surface area (Å²) in [5.74, 6) is -0.225. The van der Waals surface area contributed by atoms with Crippen LogP contribution in [-0.2, 0) is 10.0 Å². The van der Waals surface area contributed by atoms with E-state index in [1.807, 2.05) is 6.07 Å². The lowest BCUT2D eigenvalue weighted by atomic mass is 9.97. The first-order valence-corrected chi connectivity index (χ1v) is 10.1. The van der Waals surface area contributed by atoms with Crippen LogP contribution in [0.25, 0.3) is 0 Å². The van der Waals surface area contributed by atoms with Crippen molar-refractivity contribution in [2.24, 2.45) is 5.73 Å². The van der Waals surface area contributed by atoms with Crippen LogP contribution in [0, 0.1) is 0 Å². The fourth-order valence-electron chi connectivity index (χ4n) is 3.25. The summed E-state index contributed by atoms with van der Waals surface area (Å²) >= 11 is 0. The molecule has 0 aliphatic heterocycles. The van der Waals surface area contributed by atoms with Gasteiger partial charge in [0.25, 0.3) is 15.9 Å². The molecule has 0 atom stereocenters. The van der Waals surface area contributed by atoms with Crippen molar-refractivity contribution in [1.82, 2.24) is 5.32 Å². The van der Waals surface area contributed by atoms with Crippen LogP contribution in [0.15, 0.2) is 59.5 Å². The highest BCUT2D eigenvalue weighted by molar-refractivity contribution is 7.92. The average molecular weight is 373 g/mol. The Balaban J connectivity index is 1.72. The van der Waals surface area contributed by atoms with E-state index in [2.05, 4.69) is 10.0 Å². The summed E-state index contributed by atoms with van der Waals surface area (Å²) in [6.07, 6.45) is 3.87. The van der Waals surface area contributed by atoms with Gasteiger partial charge in [0.1, 0.15) is 0 Å². The van der Waals surface area contributed by atoms with Crippen LogP contribution in [0.5, 0.6) is 0 Å². The van der Waals surface area contributed by atoms with E-state index in [0.29, 0.717) is 17.8 Å². The van der Waals surface area contributed by atoms with Crippen LogP contribution in [0.4, 0.5) is 5.69 Å². The first-order chi connectivity index (χ1) is 12.4. The zero-order valence-corrected chi connectivity index (χ0v) is 15.3. The molecule has 1 saturated carbocycles. The third-order valence-electron chi connectivity index (χ3n) is 4.78. The largest absolute Gasteiger partial charge is 0.345 e. The fourth-order valence-corrected chi connectivity index (χ4v) is 4.31. The van der Waals surface area contributed by atoms with Gasteiger partial charge in [0.15, 0.2) is 0 Å². The minimum atomic E-state index is -3.70. The Labute approximate surface area is 153 Å². The number of amides is 1. The van der Waals surface area contributed by atoms with Crippen LogP contribution in [0.2, 0.25) is 0 Å². The van der Waals surface area contributed by atoms with E-state index in [4.69, 9.17) is 5.73 Å². The monoisotopic (exact) mass is 373 g/mol. The first kappa shape index (κ1) is 18.4. The lowest BCUT2D eigenvalue weighted by Crippen LogP contribution is -2.51. The zero-order valence-electron chi connectivity index (χ0n) is 14.4. The predicted octanol–water partition coefficient (Wildman–Crippen LogP) is 2.49. The molecule has 4 N–H and O–H groups in total. The number of para-hydroxylation sites is 1. The van der Waals surface area contributed by atoms with Crippen LogP contribution < -0.4 is 15.8 Å². The lowest BCUT2D eigenvalue weighted by Gasteiger charge is -2.28. The molecule has 2 aromatic carbocycles. The third kappa shape index (κ3) is 4.05. The summed E-state index contributed by atoms with van der Waals surface area (Å²) in [5, 5.41) is 3.03. The van der Waals surface area contributed by atoms with Gasteiger partial charge in [0.05, 0.1) is 10.4 Å². The molecule has 0 radical (unpaired) electrons. The van der Waals surface area contributed by atoms with Gasteiger partial charge in [-0.2, -0.15) is 0 Å². The summed E-state index contributed by atoms with van der Waals surface area (Å²) in [6, 6.07) is 14.6. The zero-order chi connectivity index (χ0) is 18.6. The Hall–Kier alpha value is -2.38. The van der Waals surface area contributed by atoms with E-state index in [0.717, 1.165) is 25.7 Å². The van der Waals surface area contributed by atoms with Gasteiger partial charge < -0.3 is 11.1 Å². The number of hydrogen-bond donors (Lipinski definition) is 3. The number of anilines is 1. The molecule has 0 unspecified atom stereocenters. The molecule has 6 nitrogen and oxygen atoms in total. The van der Waals surface area contributed by atoms with Crippen molar-refractivity contribution in [2.45, 2.75) is 36.1 Å². The highest BCUT2D eigenvalue weighted by atomic mass is 32.2. The SMILES string of the molecule is NCC1(NC(=O)c2ccc(S(=O)(=O)Nc3ccccc3)cc2)CCCC1. The molecule has 26 heavy (non-hydrogen) atoms. The number of carbonyl (C=O) groups is 1. The molecule has 0 aromatic heterocycles. The lowest BCUT2D eigenvalue weighted by molar-refractivity contribution is 0.0903. The number of rotatable bonds is 6. The number of nitrogens with one attached hydrogen (secondary N) is 2. The maximum atomic E-state index is 12.5. The highest BCUT2D eigenvalue weighted by Gasteiger charge is 2.34. The highest BCUT2D eigenvalue weighted by Crippen LogP contribution is 2.29. The smallest absolute Gasteiger partial charge is 0.261 e. The Morgan fingerprint density at radius 3 is 2.19 bits per heavy atom. The number of sulfonamides is 1. The average Bonchev–Trinajstić information content (AvgIpc) is 3.11. The van der Waals surface area contributed by atoms with E-state index in [9.17, 15) is 13.2 Å². The van der Waals surface area contributed by atoms with E-state index < -0.39 is 10.0 Å². The first-order valence-electron chi connectivity index (χ1n) is 8.65. The van der Waals surface area contributed by atoms with Crippen molar-refractivity contribution in [3.63, 3.8) is 0 Å². The maximum absolute atomic E-state index is 12.5. The minimum Gasteiger partial charge on any atom is -0.345 e. The summed E-state index contributed by atoms with van der Waals surface area (Å²) in [4.78, 5) is 12.6. The minimum absolute atomic E-state index is 0.104. The van der Waals surface area contributed by atoms with Gasteiger partial charge in [-0.3, -0.25) is 9.52 Å². The Morgan fingerprint density at radius 1 is 1.00 bits per heavy atom. The van der Waals surface area contributed by atoms with Crippen LogP contribution in [0.3, 0.4) is 0 Å². The second kappa shape index (κ2) is 7.47. The number of hydrogen-bond acceptors (Lipinski definition) is 4. The predicted molar refractivity (Wildman–Crippen MR) is 101 cm³/mol. The van der Waals surface area contributed by atoms with Gasteiger partial charge in [-0.25, -0.2) is 8.42 Å². The van der Waals surface area contributed by atoms with Gasteiger partial charge in [-0.1, -0.05) is 31.0 Å². The molecular formula is C19H23N3O3S. The molecule has 138 valence electrons. The van der Waals surface area contributed by atoms with Gasteiger partial charge in [-0.05, 0) is 49.2 Å². The standard InChI is InChI=1S/C19H23N3O3S/c20-14-19(12-4-5-13-19)21-18(23)15-8-10-17(11-9-15)26(24,25)22-16-6-2-1-3-7-16/h1-3,6-11,22H,4-5,12-14,20H2,(H,21,23). The van der Waals surface area contributed by atoms with Gasteiger partial charge >= 0.3 is 0 Å². The molecular weight excluding hydrogens is 350 g/mol. The summed E-state index contributed by atoms with van der Waals surface area (Å²) < 4.78 is 27.4. The van der Waals surface area contributed by atoms with Crippen LogP contribution >= 0.6 is 0 Å². The van der Waals surface area contributed by atoms with E-state index in [1.54, 1.807) is 24.3 Å². The van der Waals surface area contributed by atoms with Crippen molar-refractivity contribution >= 4 is 21.6 Å². The van der Waals surface area contributed by atoms with E-state index in [1.165, 1.54) is 24.3 Å². The molecule has 2 aromatic rings. The number of nitrogens with two attached hydrogens (primary N) is 1. The summed E-state index contributed by atoms with van der Waals surface area (Å²) in [5.41, 5.74) is 6.42. The number of carbonyl (C=O) groups excluding carboxylic acids is 1. The molecule has 1 amide bonds. The normalized spacial score (nSPS) is 16.2. The van der Waals surface area contributed by atoms with Crippen LogP contribution in [-0.4, -0.2) is 26.4 Å². The van der Waals surface area contributed by atoms with Crippen molar-refractivity contribution in [1.29, 1.82) is 0 Å². The van der Waals surface area contributed by atoms with E-state index >= 15 is 0 Å². The Morgan fingerprint density at radius 2 is 1.62 bits per heavy atom. The molecule has 1 aliphatic carbocycles. The molecule has 3 rings (SSSR count). The molecule has 1 fully saturated rings. The van der Waals surface area contributed by atoms with Crippen molar-refractivity contribution < 1.29 is 13.2 Å². The Kier molecular flexibility index (Phi) is 5.29. The molecule has 1 aliphatic rings. The second-order valence-corrected chi connectivity index (χ2v) is 8.32. The van der Waals surface area contributed by atoms with Gasteiger partial charge in [-0.15, -0.1) is 0 Å².